The topological polar surface area (TPSA) is 71.1 Å². The lowest BCUT2D eigenvalue weighted by molar-refractivity contribution is -0.140. The average Bonchev–Trinajstić information content (AvgIpc) is 2.62. The van der Waals surface area contributed by atoms with E-state index in [9.17, 15) is 9.59 Å². The molecule has 26 heavy (non-hydrogen) atoms. The summed E-state index contributed by atoms with van der Waals surface area (Å²) in [6.07, 6.45) is -0.332. The van der Waals surface area contributed by atoms with E-state index >= 15 is 0 Å². The Kier molecular flexibility index (Phi) is 7.12. The lowest BCUT2D eigenvalue weighted by Crippen LogP contribution is -2.14. The number of rotatable bonds is 7. The maximum absolute atomic E-state index is 11.9. The van der Waals surface area contributed by atoms with Crippen molar-refractivity contribution in [1.29, 1.82) is 0 Å². The predicted octanol–water partition coefficient (Wildman–Crippen LogP) is 4.30. The Labute approximate surface area is 160 Å². The summed E-state index contributed by atoms with van der Waals surface area (Å²) < 4.78 is 20.5. The molecule has 2 aromatic carbocycles. The van der Waals surface area contributed by atoms with Gasteiger partial charge in [-0.25, -0.2) is 0 Å². The number of esters is 2. The van der Waals surface area contributed by atoms with Crippen molar-refractivity contribution in [2.24, 2.45) is 0 Å². The molecule has 0 aliphatic carbocycles. The zero-order chi connectivity index (χ0) is 19.1. The highest BCUT2D eigenvalue weighted by atomic mass is 35.5. The Morgan fingerprint density at radius 2 is 1.12 bits per heavy atom. The standard InChI is InChI=1S/C18H16Cl2O6/c1-23-15-9-11(19)3-5-13(15)25-17(21)7-8-18(22)26-14-6-4-12(20)10-16(14)24-2/h3-6,9-10H,7-8H2,1-2H3. The Morgan fingerprint density at radius 1 is 0.731 bits per heavy atom. The number of methoxy groups -OCH3 is 2. The molecule has 0 spiro atoms. The number of ether oxygens (including phenoxy) is 4. The molecule has 8 heteroatoms. The highest BCUT2D eigenvalue weighted by Crippen LogP contribution is 2.31. The molecule has 6 nitrogen and oxygen atoms in total. The highest BCUT2D eigenvalue weighted by molar-refractivity contribution is 6.31. The first-order chi connectivity index (χ1) is 12.4. The molecule has 0 saturated heterocycles. The number of hydrogen-bond acceptors (Lipinski definition) is 6. The van der Waals surface area contributed by atoms with Crippen LogP contribution in [0.1, 0.15) is 12.8 Å². The number of benzene rings is 2. The summed E-state index contributed by atoms with van der Waals surface area (Å²) >= 11 is 11.7. The molecule has 0 aromatic heterocycles. The Balaban J connectivity index is 1.90. The molecule has 0 unspecified atom stereocenters. The third kappa shape index (κ3) is 5.54. The molecule has 0 radical (unpaired) electrons. The summed E-state index contributed by atoms with van der Waals surface area (Å²) in [5.74, 6) is -0.140. The second kappa shape index (κ2) is 9.31. The van der Waals surface area contributed by atoms with Gasteiger partial charge in [-0.05, 0) is 24.3 Å². The molecule has 0 fully saturated rings. The molecule has 0 saturated carbocycles. The highest BCUT2D eigenvalue weighted by Gasteiger charge is 2.15. The smallest absolute Gasteiger partial charge is 0.311 e. The van der Waals surface area contributed by atoms with Gasteiger partial charge in [0.25, 0.3) is 0 Å². The van der Waals surface area contributed by atoms with Crippen molar-refractivity contribution in [1.82, 2.24) is 0 Å². The van der Waals surface area contributed by atoms with E-state index in [2.05, 4.69) is 0 Å². The van der Waals surface area contributed by atoms with Gasteiger partial charge in [0.15, 0.2) is 23.0 Å². The van der Waals surface area contributed by atoms with Crippen molar-refractivity contribution in [3.05, 3.63) is 46.4 Å². The predicted molar refractivity (Wildman–Crippen MR) is 96.5 cm³/mol. The van der Waals surface area contributed by atoms with Gasteiger partial charge in [0.1, 0.15) is 0 Å². The van der Waals surface area contributed by atoms with Crippen LogP contribution < -0.4 is 18.9 Å². The number of carbonyl (C=O) groups is 2. The number of hydrogen-bond donors (Lipinski definition) is 0. The zero-order valence-corrected chi connectivity index (χ0v) is 15.6. The van der Waals surface area contributed by atoms with Gasteiger partial charge in [-0.3, -0.25) is 9.59 Å². The van der Waals surface area contributed by atoms with Gasteiger partial charge >= 0.3 is 11.9 Å². The Hall–Kier alpha value is -2.44. The maximum Gasteiger partial charge on any atom is 0.311 e. The fraction of sp³-hybridized carbons (Fsp3) is 0.222. The Bertz CT molecular complexity index is 739. The molecule has 138 valence electrons. The van der Waals surface area contributed by atoms with E-state index in [4.69, 9.17) is 42.1 Å². The lowest BCUT2D eigenvalue weighted by Gasteiger charge is -2.10. The molecule has 0 amide bonds. The summed E-state index contributed by atoms with van der Waals surface area (Å²) in [6.45, 7) is 0. The summed E-state index contributed by atoms with van der Waals surface area (Å²) in [5, 5.41) is 0.893. The minimum atomic E-state index is -0.606. The van der Waals surface area contributed by atoms with Crippen molar-refractivity contribution in [3.8, 4) is 23.0 Å². The summed E-state index contributed by atoms with van der Waals surface area (Å²) in [5.41, 5.74) is 0. The van der Waals surface area contributed by atoms with E-state index < -0.39 is 11.9 Å². The second-order valence-electron chi connectivity index (χ2n) is 5.04. The van der Waals surface area contributed by atoms with Crippen molar-refractivity contribution in [3.63, 3.8) is 0 Å². The van der Waals surface area contributed by atoms with Gasteiger partial charge in [0.05, 0.1) is 27.1 Å². The Morgan fingerprint density at radius 3 is 1.46 bits per heavy atom. The molecule has 0 bridgehead atoms. The first-order valence-corrected chi connectivity index (χ1v) is 8.27. The van der Waals surface area contributed by atoms with Crippen LogP contribution in [0.25, 0.3) is 0 Å². The van der Waals surface area contributed by atoms with Crippen LogP contribution >= 0.6 is 23.2 Å². The third-order valence-electron chi connectivity index (χ3n) is 3.23. The van der Waals surface area contributed by atoms with Crippen LogP contribution in [0.2, 0.25) is 10.0 Å². The molecule has 0 heterocycles. The van der Waals surface area contributed by atoms with E-state index in [-0.39, 0.29) is 24.3 Å². The van der Waals surface area contributed by atoms with Gasteiger partial charge in [0, 0.05) is 22.2 Å². The average molecular weight is 399 g/mol. The molecule has 2 aromatic rings. The monoisotopic (exact) mass is 398 g/mol. The van der Waals surface area contributed by atoms with Gasteiger partial charge in [-0.15, -0.1) is 0 Å². The van der Waals surface area contributed by atoms with Crippen molar-refractivity contribution in [2.75, 3.05) is 14.2 Å². The lowest BCUT2D eigenvalue weighted by atomic mass is 10.3. The van der Waals surface area contributed by atoms with E-state index in [0.717, 1.165) is 0 Å². The first kappa shape index (κ1) is 19.9. The summed E-state index contributed by atoms with van der Waals surface area (Å²) in [4.78, 5) is 23.9. The minimum absolute atomic E-state index is 0.166. The van der Waals surface area contributed by atoms with E-state index in [0.29, 0.717) is 21.5 Å². The molecule has 0 aliphatic heterocycles. The van der Waals surface area contributed by atoms with Crippen LogP contribution in [-0.2, 0) is 9.59 Å². The summed E-state index contributed by atoms with van der Waals surface area (Å²) in [7, 11) is 2.86. The van der Waals surface area contributed by atoms with Crippen molar-refractivity contribution >= 4 is 35.1 Å². The van der Waals surface area contributed by atoms with Crippen LogP contribution in [0, 0.1) is 0 Å². The van der Waals surface area contributed by atoms with Crippen molar-refractivity contribution in [2.45, 2.75) is 12.8 Å². The quantitative estimate of drug-likeness (QED) is 0.511. The molecular weight excluding hydrogens is 383 g/mol. The second-order valence-corrected chi connectivity index (χ2v) is 5.91. The maximum atomic E-state index is 11.9. The SMILES string of the molecule is COc1cc(Cl)ccc1OC(=O)CCC(=O)Oc1ccc(Cl)cc1OC. The van der Waals surface area contributed by atoms with Crippen LogP contribution in [-0.4, -0.2) is 26.2 Å². The van der Waals surface area contributed by atoms with E-state index in [1.54, 1.807) is 12.1 Å². The zero-order valence-electron chi connectivity index (χ0n) is 14.1. The van der Waals surface area contributed by atoms with Gasteiger partial charge in [-0.1, -0.05) is 23.2 Å². The first-order valence-electron chi connectivity index (χ1n) is 7.51. The largest absolute Gasteiger partial charge is 0.493 e. The molecule has 0 atom stereocenters. The van der Waals surface area contributed by atoms with E-state index in [1.165, 1.54) is 38.5 Å². The van der Waals surface area contributed by atoms with Crippen LogP contribution in [0.3, 0.4) is 0 Å². The van der Waals surface area contributed by atoms with Crippen LogP contribution in [0.4, 0.5) is 0 Å². The molecule has 0 N–H and O–H groups in total. The molecular formula is C18H16Cl2O6. The molecule has 2 rings (SSSR count). The van der Waals surface area contributed by atoms with Crippen LogP contribution in [0.15, 0.2) is 36.4 Å². The van der Waals surface area contributed by atoms with Crippen molar-refractivity contribution < 1.29 is 28.5 Å². The van der Waals surface area contributed by atoms with Crippen LogP contribution in [0.5, 0.6) is 23.0 Å². The fourth-order valence-electron chi connectivity index (χ4n) is 2.00. The van der Waals surface area contributed by atoms with Gasteiger partial charge in [0.2, 0.25) is 0 Å². The normalized spacial score (nSPS) is 10.2. The molecule has 0 aliphatic rings. The number of carbonyl (C=O) groups excluding carboxylic acids is 2. The summed E-state index contributed by atoms with van der Waals surface area (Å²) in [6, 6.07) is 9.18. The number of halogens is 2. The minimum Gasteiger partial charge on any atom is -0.493 e. The third-order valence-corrected chi connectivity index (χ3v) is 3.70. The van der Waals surface area contributed by atoms with Gasteiger partial charge < -0.3 is 18.9 Å². The van der Waals surface area contributed by atoms with E-state index in [1.807, 2.05) is 0 Å². The fourth-order valence-corrected chi connectivity index (χ4v) is 2.33. The van der Waals surface area contributed by atoms with Gasteiger partial charge in [-0.2, -0.15) is 0 Å².